The molecule has 2 rings (SSSR count). The van der Waals surface area contributed by atoms with Gasteiger partial charge in [-0.1, -0.05) is 12.1 Å². The second kappa shape index (κ2) is 5.12. The van der Waals surface area contributed by atoms with Crippen molar-refractivity contribution in [3.05, 3.63) is 46.2 Å². The monoisotopic (exact) mass is 309 g/mol. The smallest absolute Gasteiger partial charge is 0.122 e. The number of aryl methyl sites for hydroxylation is 1. The van der Waals surface area contributed by atoms with Gasteiger partial charge in [0.2, 0.25) is 0 Å². The van der Waals surface area contributed by atoms with E-state index in [9.17, 15) is 5.11 Å². The van der Waals surface area contributed by atoms with Gasteiger partial charge in [-0.2, -0.15) is 5.10 Å². The van der Waals surface area contributed by atoms with Crippen LogP contribution < -0.4 is 4.90 Å². The molecule has 1 N–H and O–H groups in total. The van der Waals surface area contributed by atoms with E-state index in [1.165, 1.54) is 0 Å². The molecule has 1 unspecified atom stereocenters. The molecule has 0 saturated carbocycles. The van der Waals surface area contributed by atoms with Gasteiger partial charge in [-0.15, -0.1) is 0 Å². The van der Waals surface area contributed by atoms with Crippen LogP contribution in [0.3, 0.4) is 0 Å². The molecule has 2 aromatic rings. The topological polar surface area (TPSA) is 41.3 Å². The standard InChI is InChI=1S/C13H16BrN3O/c1-16(2)10-6-4-9(5-7-10)13(18)12-11(14)8-15-17(12)3/h4-8,13,18H,1-3H3. The third-order valence-corrected chi connectivity index (χ3v) is 3.53. The van der Waals surface area contributed by atoms with Gasteiger partial charge in [0.25, 0.3) is 0 Å². The van der Waals surface area contributed by atoms with Crippen molar-refractivity contribution < 1.29 is 5.11 Å². The summed E-state index contributed by atoms with van der Waals surface area (Å²) in [6.07, 6.45) is 1.01. The van der Waals surface area contributed by atoms with E-state index in [-0.39, 0.29) is 0 Å². The van der Waals surface area contributed by atoms with Crippen LogP contribution in [0.4, 0.5) is 5.69 Å². The molecule has 0 aliphatic rings. The molecule has 1 aromatic heterocycles. The minimum Gasteiger partial charge on any atom is -0.382 e. The number of nitrogens with zero attached hydrogens (tertiary/aromatic N) is 3. The number of aliphatic hydroxyl groups excluding tert-OH is 1. The van der Waals surface area contributed by atoms with Gasteiger partial charge in [-0.25, -0.2) is 0 Å². The minimum atomic E-state index is -0.678. The Morgan fingerprint density at radius 1 is 1.28 bits per heavy atom. The van der Waals surface area contributed by atoms with Gasteiger partial charge in [0.15, 0.2) is 0 Å². The summed E-state index contributed by atoms with van der Waals surface area (Å²) in [4.78, 5) is 2.02. The molecule has 0 fully saturated rings. The fraction of sp³-hybridized carbons (Fsp3) is 0.308. The first kappa shape index (κ1) is 13.1. The quantitative estimate of drug-likeness (QED) is 0.946. The second-order valence-electron chi connectivity index (χ2n) is 4.39. The zero-order chi connectivity index (χ0) is 13.3. The van der Waals surface area contributed by atoms with Gasteiger partial charge in [0.05, 0.1) is 16.4 Å². The molecule has 1 atom stereocenters. The van der Waals surface area contributed by atoms with Gasteiger partial charge in [0.1, 0.15) is 6.10 Å². The summed E-state index contributed by atoms with van der Waals surface area (Å²) in [5.41, 5.74) is 2.72. The highest BCUT2D eigenvalue weighted by Crippen LogP contribution is 2.28. The Morgan fingerprint density at radius 3 is 2.33 bits per heavy atom. The van der Waals surface area contributed by atoms with Crippen LogP contribution in [0.1, 0.15) is 17.4 Å². The summed E-state index contributed by atoms with van der Waals surface area (Å²) >= 11 is 3.40. The number of aromatic nitrogens is 2. The lowest BCUT2D eigenvalue weighted by Crippen LogP contribution is -2.10. The maximum absolute atomic E-state index is 10.4. The fourth-order valence-electron chi connectivity index (χ4n) is 1.84. The molecule has 0 bridgehead atoms. The number of hydrogen-bond donors (Lipinski definition) is 1. The van der Waals surface area contributed by atoms with Crippen LogP contribution in [-0.2, 0) is 7.05 Å². The lowest BCUT2D eigenvalue weighted by Gasteiger charge is -2.16. The molecular formula is C13H16BrN3O. The minimum absolute atomic E-state index is 0.678. The highest BCUT2D eigenvalue weighted by Gasteiger charge is 2.17. The predicted molar refractivity (Wildman–Crippen MR) is 75.7 cm³/mol. The van der Waals surface area contributed by atoms with Crippen LogP contribution in [0.5, 0.6) is 0 Å². The Bertz CT molecular complexity index is 514. The molecule has 1 heterocycles. The number of anilines is 1. The Labute approximate surface area is 115 Å². The van der Waals surface area contributed by atoms with Crippen molar-refractivity contribution in [2.45, 2.75) is 6.10 Å². The van der Waals surface area contributed by atoms with E-state index < -0.39 is 6.10 Å². The van der Waals surface area contributed by atoms with E-state index in [4.69, 9.17) is 0 Å². The molecule has 96 valence electrons. The van der Waals surface area contributed by atoms with E-state index in [1.807, 2.05) is 50.3 Å². The first-order valence-electron chi connectivity index (χ1n) is 5.63. The molecule has 0 spiro atoms. The molecular weight excluding hydrogens is 294 g/mol. The van der Waals surface area contributed by atoms with E-state index in [2.05, 4.69) is 21.0 Å². The highest BCUT2D eigenvalue weighted by atomic mass is 79.9. The van der Waals surface area contributed by atoms with Crippen molar-refractivity contribution in [1.29, 1.82) is 0 Å². The van der Waals surface area contributed by atoms with Gasteiger partial charge in [0, 0.05) is 26.8 Å². The number of benzene rings is 1. The number of rotatable bonds is 3. The number of hydrogen-bond acceptors (Lipinski definition) is 3. The first-order valence-corrected chi connectivity index (χ1v) is 6.42. The van der Waals surface area contributed by atoms with E-state index >= 15 is 0 Å². The Balaban J connectivity index is 2.32. The van der Waals surface area contributed by atoms with Crippen molar-refractivity contribution in [2.75, 3.05) is 19.0 Å². The summed E-state index contributed by atoms with van der Waals surface area (Å²) in [5.74, 6) is 0. The van der Waals surface area contributed by atoms with Gasteiger partial charge >= 0.3 is 0 Å². The van der Waals surface area contributed by atoms with E-state index in [0.29, 0.717) is 0 Å². The van der Waals surface area contributed by atoms with Crippen molar-refractivity contribution >= 4 is 21.6 Å². The maximum atomic E-state index is 10.4. The van der Waals surface area contributed by atoms with E-state index in [0.717, 1.165) is 21.4 Å². The lowest BCUT2D eigenvalue weighted by molar-refractivity contribution is 0.209. The van der Waals surface area contributed by atoms with Crippen LogP contribution in [0.15, 0.2) is 34.9 Å². The zero-order valence-electron chi connectivity index (χ0n) is 10.6. The number of aliphatic hydroxyl groups is 1. The largest absolute Gasteiger partial charge is 0.382 e. The van der Waals surface area contributed by atoms with Crippen LogP contribution in [0, 0.1) is 0 Å². The lowest BCUT2D eigenvalue weighted by atomic mass is 10.1. The normalized spacial score (nSPS) is 12.5. The molecule has 5 heteroatoms. The van der Waals surface area contributed by atoms with Gasteiger partial charge in [-0.05, 0) is 33.6 Å². The summed E-state index contributed by atoms with van der Waals surface area (Å²) in [6.45, 7) is 0. The average molecular weight is 310 g/mol. The molecule has 0 radical (unpaired) electrons. The van der Waals surface area contributed by atoms with Gasteiger partial charge < -0.3 is 10.0 Å². The van der Waals surface area contributed by atoms with Crippen LogP contribution in [0.2, 0.25) is 0 Å². The SMILES string of the molecule is CN(C)c1ccc(C(O)c2c(Br)cnn2C)cc1. The average Bonchev–Trinajstić information content (AvgIpc) is 2.68. The summed E-state index contributed by atoms with van der Waals surface area (Å²) in [6, 6.07) is 7.84. The van der Waals surface area contributed by atoms with Crippen LogP contribution in [0.25, 0.3) is 0 Å². The van der Waals surface area contributed by atoms with Crippen molar-refractivity contribution in [2.24, 2.45) is 7.05 Å². The predicted octanol–water partition coefficient (Wildman–Crippen LogP) is 2.33. The zero-order valence-corrected chi connectivity index (χ0v) is 12.2. The summed E-state index contributed by atoms with van der Waals surface area (Å²) < 4.78 is 2.49. The fourth-order valence-corrected chi connectivity index (χ4v) is 2.41. The Morgan fingerprint density at radius 2 is 1.89 bits per heavy atom. The number of halogens is 1. The van der Waals surface area contributed by atoms with E-state index in [1.54, 1.807) is 10.9 Å². The third kappa shape index (κ3) is 2.42. The molecule has 0 aliphatic heterocycles. The summed E-state index contributed by atoms with van der Waals surface area (Å²) in [7, 11) is 5.80. The van der Waals surface area contributed by atoms with Crippen LogP contribution in [-0.4, -0.2) is 29.0 Å². The van der Waals surface area contributed by atoms with Crippen molar-refractivity contribution in [1.82, 2.24) is 9.78 Å². The van der Waals surface area contributed by atoms with Crippen molar-refractivity contribution in [3.63, 3.8) is 0 Å². The first-order chi connectivity index (χ1) is 8.50. The molecule has 0 saturated heterocycles. The molecule has 18 heavy (non-hydrogen) atoms. The second-order valence-corrected chi connectivity index (χ2v) is 5.24. The van der Waals surface area contributed by atoms with Crippen LogP contribution >= 0.6 is 15.9 Å². The molecule has 0 aliphatic carbocycles. The maximum Gasteiger partial charge on any atom is 0.122 e. The Kier molecular flexibility index (Phi) is 3.73. The molecule has 4 nitrogen and oxygen atoms in total. The third-order valence-electron chi connectivity index (χ3n) is 2.92. The van der Waals surface area contributed by atoms with Crippen molar-refractivity contribution in [3.8, 4) is 0 Å². The Hall–Kier alpha value is -1.33. The summed E-state index contributed by atoms with van der Waals surface area (Å²) in [5, 5.41) is 14.5. The highest BCUT2D eigenvalue weighted by molar-refractivity contribution is 9.10. The van der Waals surface area contributed by atoms with Gasteiger partial charge in [-0.3, -0.25) is 4.68 Å². The molecule has 1 aromatic carbocycles. The molecule has 0 amide bonds.